The van der Waals surface area contributed by atoms with Crippen LogP contribution in [0.1, 0.15) is 15.9 Å². The van der Waals surface area contributed by atoms with Crippen molar-refractivity contribution in [2.24, 2.45) is 5.10 Å². The van der Waals surface area contributed by atoms with E-state index in [-0.39, 0.29) is 10.7 Å². The van der Waals surface area contributed by atoms with Crippen LogP contribution < -0.4 is 20.2 Å². The van der Waals surface area contributed by atoms with Gasteiger partial charge in [0, 0.05) is 5.56 Å². The van der Waals surface area contributed by atoms with E-state index >= 15 is 0 Å². The molecule has 25 heavy (non-hydrogen) atoms. The Hall–Kier alpha value is -3.13. The van der Waals surface area contributed by atoms with Crippen LogP contribution in [0.25, 0.3) is 0 Å². The Morgan fingerprint density at radius 1 is 1.16 bits per heavy atom. The number of rotatable bonds is 6. The van der Waals surface area contributed by atoms with Crippen LogP contribution in [0.2, 0.25) is 0 Å². The number of nitrogens with zero attached hydrogens (tertiary/aromatic N) is 1. The van der Waals surface area contributed by atoms with E-state index in [1.54, 1.807) is 19.4 Å². The molecule has 0 atom stereocenters. The number of para-hydroxylation sites is 1. The zero-order chi connectivity index (χ0) is 18.2. The average Bonchev–Trinajstić information content (AvgIpc) is 2.62. The number of methoxy groups -OCH3 is 2. The molecule has 2 aromatic carbocycles. The minimum Gasteiger partial charge on any atom is -0.496 e. The summed E-state index contributed by atoms with van der Waals surface area (Å²) in [6, 6.07) is 11.8. The number of hydrazone groups is 1. The first-order chi connectivity index (χ1) is 12.0. The van der Waals surface area contributed by atoms with Crippen LogP contribution in [0.5, 0.6) is 11.5 Å². The Bertz CT molecular complexity index is 808. The first-order valence-electron chi connectivity index (χ1n) is 7.19. The fourth-order valence-electron chi connectivity index (χ4n) is 2.02. The Morgan fingerprint density at radius 2 is 1.88 bits per heavy atom. The lowest BCUT2D eigenvalue weighted by molar-refractivity contribution is 0.0697. The Morgan fingerprint density at radius 3 is 2.56 bits per heavy atom. The van der Waals surface area contributed by atoms with E-state index in [2.05, 4.69) is 15.8 Å². The zero-order valence-corrected chi connectivity index (χ0v) is 14.5. The molecule has 0 aliphatic carbocycles. The van der Waals surface area contributed by atoms with E-state index in [4.69, 9.17) is 26.8 Å². The lowest BCUT2D eigenvalue weighted by Crippen LogP contribution is -2.24. The maximum atomic E-state index is 11.1. The Labute approximate surface area is 150 Å². The van der Waals surface area contributed by atoms with Crippen LogP contribution in [0, 0.1) is 0 Å². The number of carbonyl (C=O) groups is 1. The molecule has 0 unspecified atom stereocenters. The lowest BCUT2D eigenvalue weighted by atomic mass is 10.2. The molecule has 130 valence electrons. The van der Waals surface area contributed by atoms with Crippen LogP contribution in [0.15, 0.2) is 47.6 Å². The van der Waals surface area contributed by atoms with Crippen molar-refractivity contribution >= 4 is 35.2 Å². The summed E-state index contributed by atoms with van der Waals surface area (Å²) < 4.78 is 10.4. The van der Waals surface area contributed by atoms with E-state index in [0.717, 1.165) is 5.56 Å². The highest BCUT2D eigenvalue weighted by atomic mass is 32.1. The van der Waals surface area contributed by atoms with Gasteiger partial charge >= 0.3 is 5.97 Å². The number of aromatic carboxylic acids is 1. The Kier molecular flexibility index (Phi) is 6.30. The molecule has 7 nitrogen and oxygen atoms in total. The highest BCUT2D eigenvalue weighted by Gasteiger charge is 2.10. The smallest absolute Gasteiger partial charge is 0.335 e. The van der Waals surface area contributed by atoms with E-state index in [1.165, 1.54) is 19.2 Å². The first kappa shape index (κ1) is 18.2. The second-order valence-corrected chi connectivity index (χ2v) is 5.19. The van der Waals surface area contributed by atoms with Crippen LogP contribution in [0.3, 0.4) is 0 Å². The predicted molar refractivity (Wildman–Crippen MR) is 99.9 cm³/mol. The molecule has 0 saturated heterocycles. The van der Waals surface area contributed by atoms with Gasteiger partial charge in [-0.25, -0.2) is 4.79 Å². The molecule has 8 heteroatoms. The molecule has 0 radical (unpaired) electrons. The van der Waals surface area contributed by atoms with E-state index in [9.17, 15) is 4.79 Å². The summed E-state index contributed by atoms with van der Waals surface area (Å²) >= 11 is 5.16. The molecule has 2 rings (SSSR count). The summed E-state index contributed by atoms with van der Waals surface area (Å²) in [5.74, 6) is 0.101. The minimum atomic E-state index is -1.04. The highest BCUT2D eigenvalue weighted by Crippen LogP contribution is 2.25. The van der Waals surface area contributed by atoms with Crippen molar-refractivity contribution in [1.29, 1.82) is 0 Å². The van der Waals surface area contributed by atoms with E-state index in [1.807, 2.05) is 24.3 Å². The number of anilines is 1. The summed E-state index contributed by atoms with van der Waals surface area (Å²) in [6.45, 7) is 0. The second-order valence-electron chi connectivity index (χ2n) is 4.79. The number of hydrogen-bond acceptors (Lipinski definition) is 5. The van der Waals surface area contributed by atoms with Crippen LogP contribution in [-0.4, -0.2) is 36.6 Å². The number of carboxylic acids is 1. The molecule has 0 fully saturated rings. The minimum absolute atomic E-state index is 0.114. The van der Waals surface area contributed by atoms with E-state index in [0.29, 0.717) is 17.2 Å². The van der Waals surface area contributed by atoms with Gasteiger partial charge in [-0.3, -0.25) is 5.43 Å². The summed E-state index contributed by atoms with van der Waals surface area (Å²) in [5.41, 5.74) is 3.98. The monoisotopic (exact) mass is 359 g/mol. The third-order valence-electron chi connectivity index (χ3n) is 3.20. The molecule has 0 amide bonds. The van der Waals surface area contributed by atoms with Crippen LogP contribution in [-0.2, 0) is 0 Å². The predicted octanol–water partition coefficient (Wildman–Crippen LogP) is 2.72. The van der Waals surface area contributed by atoms with Gasteiger partial charge in [-0.1, -0.05) is 12.1 Å². The SMILES string of the molecule is COc1ccccc1C=NNC(=S)Nc1cc(C(=O)O)ccc1OC. The fraction of sp³-hybridized carbons (Fsp3) is 0.118. The van der Waals surface area contributed by atoms with Crippen molar-refractivity contribution in [2.75, 3.05) is 19.5 Å². The number of hydrogen-bond donors (Lipinski definition) is 3. The number of thiocarbonyl (C=S) groups is 1. The standard InChI is InChI=1S/C17H17N3O4S/c1-23-14-6-4-3-5-12(14)10-18-20-17(25)19-13-9-11(16(21)22)7-8-15(13)24-2/h3-10H,1-2H3,(H,21,22)(H2,19,20,25). The fourth-order valence-corrected chi connectivity index (χ4v) is 2.19. The Balaban J connectivity index is 2.06. The molecule has 0 saturated carbocycles. The van der Waals surface area contributed by atoms with Gasteiger partial charge in [-0.2, -0.15) is 5.10 Å². The van der Waals surface area contributed by atoms with Gasteiger partial charge in [0.05, 0.1) is 31.7 Å². The van der Waals surface area contributed by atoms with Crippen molar-refractivity contribution < 1.29 is 19.4 Å². The van der Waals surface area contributed by atoms with Gasteiger partial charge in [0.1, 0.15) is 11.5 Å². The molecule has 3 N–H and O–H groups in total. The van der Waals surface area contributed by atoms with Gasteiger partial charge in [-0.15, -0.1) is 0 Å². The normalized spacial score (nSPS) is 10.3. The van der Waals surface area contributed by atoms with Crippen molar-refractivity contribution in [3.8, 4) is 11.5 Å². The lowest BCUT2D eigenvalue weighted by Gasteiger charge is -2.12. The maximum absolute atomic E-state index is 11.1. The number of carboxylic acid groups (broad SMARTS) is 1. The number of benzene rings is 2. The third kappa shape index (κ3) is 4.92. The van der Waals surface area contributed by atoms with Gasteiger partial charge in [0.15, 0.2) is 5.11 Å². The van der Waals surface area contributed by atoms with Crippen LogP contribution in [0.4, 0.5) is 5.69 Å². The van der Waals surface area contributed by atoms with Crippen molar-refractivity contribution in [1.82, 2.24) is 5.43 Å². The van der Waals surface area contributed by atoms with Crippen molar-refractivity contribution in [2.45, 2.75) is 0 Å². The van der Waals surface area contributed by atoms with Gasteiger partial charge in [0.2, 0.25) is 0 Å². The highest BCUT2D eigenvalue weighted by molar-refractivity contribution is 7.80. The average molecular weight is 359 g/mol. The zero-order valence-electron chi connectivity index (χ0n) is 13.6. The quantitative estimate of drug-likeness (QED) is 0.415. The summed E-state index contributed by atoms with van der Waals surface area (Å²) in [6.07, 6.45) is 1.57. The molecule has 0 heterocycles. The largest absolute Gasteiger partial charge is 0.496 e. The van der Waals surface area contributed by atoms with Crippen LogP contribution >= 0.6 is 12.2 Å². The molecule has 2 aromatic rings. The van der Waals surface area contributed by atoms with Crippen molar-refractivity contribution in [3.05, 3.63) is 53.6 Å². The number of nitrogens with one attached hydrogen (secondary N) is 2. The molecule has 0 spiro atoms. The van der Waals surface area contributed by atoms with Gasteiger partial charge in [0.25, 0.3) is 0 Å². The van der Waals surface area contributed by atoms with E-state index < -0.39 is 5.97 Å². The first-order valence-corrected chi connectivity index (χ1v) is 7.60. The summed E-state index contributed by atoms with van der Waals surface area (Å²) in [7, 11) is 3.06. The third-order valence-corrected chi connectivity index (χ3v) is 3.40. The van der Waals surface area contributed by atoms with Gasteiger partial charge < -0.3 is 19.9 Å². The second kappa shape index (κ2) is 8.65. The molecular formula is C17H17N3O4S. The molecule has 0 aliphatic heterocycles. The number of ether oxygens (including phenoxy) is 2. The molecule has 0 bridgehead atoms. The molecule has 0 aliphatic rings. The summed E-state index contributed by atoms with van der Waals surface area (Å²) in [4.78, 5) is 11.1. The van der Waals surface area contributed by atoms with Crippen molar-refractivity contribution in [3.63, 3.8) is 0 Å². The molecular weight excluding hydrogens is 342 g/mol. The maximum Gasteiger partial charge on any atom is 0.335 e. The molecule has 0 aromatic heterocycles. The topological polar surface area (TPSA) is 92.2 Å². The summed E-state index contributed by atoms with van der Waals surface area (Å²) in [5, 5.41) is 16.2. The van der Waals surface area contributed by atoms with Gasteiger partial charge in [-0.05, 0) is 42.5 Å².